The van der Waals surface area contributed by atoms with Gasteiger partial charge in [0.25, 0.3) is 0 Å². The van der Waals surface area contributed by atoms with Crippen molar-refractivity contribution in [3.8, 4) is 0 Å². The first-order chi connectivity index (χ1) is 14.0. The second kappa shape index (κ2) is 8.21. The molecule has 0 aliphatic rings. The molecule has 2 aromatic carbocycles. The zero-order valence-corrected chi connectivity index (χ0v) is 17.6. The number of aromatic nitrogens is 4. The molecule has 0 aliphatic heterocycles. The lowest BCUT2D eigenvalue weighted by Crippen LogP contribution is -2.27. The molecule has 0 atom stereocenters. The number of nitrogens with zero attached hydrogens (tertiary/aromatic N) is 5. The van der Waals surface area contributed by atoms with Crippen LogP contribution >= 0.6 is 11.8 Å². The van der Waals surface area contributed by atoms with E-state index < -0.39 is 0 Å². The first-order valence-corrected chi connectivity index (χ1v) is 10.6. The third kappa shape index (κ3) is 4.10. The molecule has 7 heteroatoms. The maximum absolute atomic E-state index is 12.7. The van der Waals surface area contributed by atoms with Crippen molar-refractivity contribution in [2.75, 3.05) is 12.8 Å². The Hall–Kier alpha value is -2.93. The van der Waals surface area contributed by atoms with Gasteiger partial charge in [0.05, 0.1) is 11.3 Å². The van der Waals surface area contributed by atoms with Gasteiger partial charge in [-0.2, -0.15) is 4.52 Å². The predicted molar refractivity (Wildman–Crippen MR) is 116 cm³/mol. The molecule has 148 valence electrons. The van der Waals surface area contributed by atoms with Gasteiger partial charge >= 0.3 is 0 Å². The van der Waals surface area contributed by atoms with Crippen LogP contribution in [0.5, 0.6) is 0 Å². The summed E-state index contributed by atoms with van der Waals surface area (Å²) in [6.45, 7) is 4.58. The van der Waals surface area contributed by atoms with Gasteiger partial charge in [0.2, 0.25) is 5.91 Å². The van der Waals surface area contributed by atoms with Gasteiger partial charge in [-0.25, -0.2) is 9.97 Å². The van der Waals surface area contributed by atoms with Gasteiger partial charge in [-0.1, -0.05) is 55.1 Å². The van der Waals surface area contributed by atoms with Crippen molar-refractivity contribution in [1.82, 2.24) is 24.5 Å². The van der Waals surface area contributed by atoms with E-state index in [4.69, 9.17) is 4.98 Å². The number of thioether (sulfide) groups is 1. The molecule has 0 unspecified atom stereocenters. The van der Waals surface area contributed by atoms with E-state index in [-0.39, 0.29) is 5.91 Å². The van der Waals surface area contributed by atoms with Crippen molar-refractivity contribution < 1.29 is 4.79 Å². The number of carbonyl (C=O) groups excluding carboxylic acids is 1. The minimum atomic E-state index is 0.0505. The van der Waals surface area contributed by atoms with Gasteiger partial charge in [-0.3, -0.25) is 4.79 Å². The molecule has 4 aromatic rings. The lowest BCUT2D eigenvalue weighted by atomic mass is 10.1. The van der Waals surface area contributed by atoms with Crippen molar-refractivity contribution in [1.29, 1.82) is 0 Å². The average molecular weight is 406 g/mol. The Balaban J connectivity index is 1.50. The fourth-order valence-corrected chi connectivity index (χ4v) is 4.09. The maximum atomic E-state index is 12.7. The molecule has 0 bridgehead atoms. The molecule has 0 radical (unpaired) electrons. The van der Waals surface area contributed by atoms with Crippen molar-refractivity contribution in [2.24, 2.45) is 0 Å². The molecule has 2 aromatic heterocycles. The number of benzene rings is 2. The first-order valence-electron chi connectivity index (χ1n) is 9.62. The van der Waals surface area contributed by atoms with Crippen LogP contribution in [0.2, 0.25) is 0 Å². The van der Waals surface area contributed by atoms with E-state index in [0.717, 1.165) is 28.5 Å². The average Bonchev–Trinajstić information content (AvgIpc) is 3.14. The summed E-state index contributed by atoms with van der Waals surface area (Å²) < 4.78 is 1.74. The minimum Gasteiger partial charge on any atom is -0.341 e. The summed E-state index contributed by atoms with van der Waals surface area (Å²) in [5, 5.41) is 6.10. The number of carbonyl (C=O) groups is 1. The molecule has 1 amide bonds. The summed E-state index contributed by atoms with van der Waals surface area (Å²) >= 11 is 1.39. The van der Waals surface area contributed by atoms with E-state index in [9.17, 15) is 4.79 Å². The van der Waals surface area contributed by atoms with E-state index in [1.807, 2.05) is 38.2 Å². The van der Waals surface area contributed by atoms with Crippen LogP contribution in [0, 0.1) is 6.92 Å². The van der Waals surface area contributed by atoms with Gasteiger partial charge in [-0.15, -0.1) is 5.10 Å². The number of rotatable bonds is 6. The van der Waals surface area contributed by atoms with Crippen LogP contribution in [-0.4, -0.2) is 43.2 Å². The summed E-state index contributed by atoms with van der Waals surface area (Å²) in [6, 6.07) is 16.3. The fraction of sp³-hybridized carbons (Fsp3) is 0.273. The van der Waals surface area contributed by atoms with Gasteiger partial charge in [0.15, 0.2) is 10.8 Å². The molecule has 0 aliphatic carbocycles. The number of aryl methyl sites for hydroxylation is 2. The third-order valence-corrected chi connectivity index (χ3v) is 5.77. The van der Waals surface area contributed by atoms with Gasteiger partial charge in [-0.05, 0) is 36.6 Å². The highest BCUT2D eigenvalue weighted by Crippen LogP contribution is 2.24. The van der Waals surface area contributed by atoms with E-state index in [2.05, 4.69) is 41.3 Å². The smallest absolute Gasteiger partial charge is 0.233 e. The molecule has 4 rings (SSSR count). The van der Waals surface area contributed by atoms with Crippen LogP contribution in [0.15, 0.2) is 53.7 Å². The third-order valence-electron chi connectivity index (χ3n) is 4.86. The Morgan fingerprint density at radius 3 is 2.55 bits per heavy atom. The highest BCUT2D eigenvalue weighted by Gasteiger charge is 2.15. The Labute approximate surface area is 174 Å². The predicted octanol–water partition coefficient (Wildman–Crippen LogP) is 3.90. The second-order valence-corrected chi connectivity index (χ2v) is 7.96. The number of amides is 1. The molecule has 6 nitrogen and oxygen atoms in total. The molecule has 0 spiro atoms. The SMILES string of the molecule is CCc1ccc(CN(C)C(=O)CSc2nc3ccccc3c3nc(C)nn23)cc1. The number of para-hydroxylation sites is 1. The first kappa shape index (κ1) is 19.4. The molecular weight excluding hydrogens is 382 g/mol. The lowest BCUT2D eigenvalue weighted by molar-refractivity contribution is -0.127. The van der Waals surface area contributed by atoms with Gasteiger partial charge in [0.1, 0.15) is 5.82 Å². The largest absolute Gasteiger partial charge is 0.341 e. The van der Waals surface area contributed by atoms with Crippen LogP contribution in [0.1, 0.15) is 23.9 Å². The lowest BCUT2D eigenvalue weighted by Gasteiger charge is -2.17. The molecular formula is C22H23N5OS. The summed E-state index contributed by atoms with van der Waals surface area (Å²) in [6.07, 6.45) is 1.01. The second-order valence-electron chi connectivity index (χ2n) is 7.01. The van der Waals surface area contributed by atoms with Crippen molar-refractivity contribution in [3.63, 3.8) is 0 Å². The van der Waals surface area contributed by atoms with E-state index in [1.165, 1.54) is 17.3 Å². The Bertz CT molecular complexity index is 1170. The van der Waals surface area contributed by atoms with Gasteiger partial charge in [0, 0.05) is 19.0 Å². The summed E-state index contributed by atoms with van der Waals surface area (Å²) in [7, 11) is 1.83. The molecule has 0 saturated carbocycles. The van der Waals surface area contributed by atoms with E-state index in [0.29, 0.717) is 23.3 Å². The topological polar surface area (TPSA) is 63.4 Å². The zero-order chi connectivity index (χ0) is 20.4. The van der Waals surface area contributed by atoms with Crippen LogP contribution in [0.3, 0.4) is 0 Å². The normalized spacial score (nSPS) is 11.3. The molecule has 0 N–H and O–H groups in total. The van der Waals surface area contributed by atoms with Crippen LogP contribution < -0.4 is 0 Å². The number of hydrogen-bond donors (Lipinski definition) is 0. The monoisotopic (exact) mass is 405 g/mol. The Morgan fingerprint density at radius 1 is 1.07 bits per heavy atom. The fourth-order valence-electron chi connectivity index (χ4n) is 3.21. The van der Waals surface area contributed by atoms with Crippen molar-refractivity contribution in [3.05, 3.63) is 65.5 Å². The van der Waals surface area contributed by atoms with E-state index in [1.54, 1.807) is 9.42 Å². The highest BCUT2D eigenvalue weighted by molar-refractivity contribution is 7.99. The van der Waals surface area contributed by atoms with E-state index >= 15 is 0 Å². The summed E-state index contributed by atoms with van der Waals surface area (Å²) in [5.41, 5.74) is 4.05. The Kier molecular flexibility index (Phi) is 5.49. The van der Waals surface area contributed by atoms with Crippen molar-refractivity contribution in [2.45, 2.75) is 32.0 Å². The molecule has 29 heavy (non-hydrogen) atoms. The van der Waals surface area contributed by atoms with Crippen molar-refractivity contribution >= 4 is 34.2 Å². The quantitative estimate of drug-likeness (QED) is 0.360. The van der Waals surface area contributed by atoms with Crippen LogP contribution in [0.25, 0.3) is 16.6 Å². The molecule has 0 fully saturated rings. The number of fused-ring (bicyclic) bond motifs is 3. The zero-order valence-electron chi connectivity index (χ0n) is 16.8. The van der Waals surface area contributed by atoms with Crippen LogP contribution in [0.4, 0.5) is 0 Å². The minimum absolute atomic E-state index is 0.0505. The highest BCUT2D eigenvalue weighted by atomic mass is 32.2. The summed E-state index contributed by atoms with van der Waals surface area (Å²) in [4.78, 5) is 23.7. The standard InChI is InChI=1S/C22H23N5OS/c1-4-16-9-11-17(12-10-16)13-26(3)20(28)14-29-22-24-19-8-6-5-7-18(19)21-23-15(2)25-27(21)22/h5-12H,4,13-14H2,1-3H3. The molecule has 0 saturated heterocycles. The number of hydrogen-bond acceptors (Lipinski definition) is 5. The van der Waals surface area contributed by atoms with Crippen LogP contribution in [-0.2, 0) is 17.8 Å². The molecule has 2 heterocycles. The summed E-state index contributed by atoms with van der Waals surface area (Å²) in [5.74, 6) is 1.03. The Morgan fingerprint density at radius 2 is 1.79 bits per heavy atom. The van der Waals surface area contributed by atoms with Gasteiger partial charge < -0.3 is 4.90 Å². The maximum Gasteiger partial charge on any atom is 0.233 e.